The monoisotopic (exact) mass is 447 g/mol. The predicted octanol–water partition coefficient (Wildman–Crippen LogP) is 5.47. The van der Waals surface area contributed by atoms with Crippen molar-refractivity contribution in [1.29, 1.82) is 0 Å². The lowest BCUT2D eigenvalue weighted by Gasteiger charge is -2.11. The van der Waals surface area contributed by atoms with Crippen molar-refractivity contribution in [1.82, 2.24) is 14.4 Å². The molecule has 2 aromatic carbocycles. The minimum Gasteiger partial charge on any atom is -0.361 e. The van der Waals surface area contributed by atoms with Crippen LogP contribution in [-0.2, 0) is 0 Å². The highest BCUT2D eigenvalue weighted by Gasteiger charge is 2.25. The van der Waals surface area contributed by atoms with E-state index in [0.29, 0.717) is 24.7 Å². The van der Waals surface area contributed by atoms with Crippen LogP contribution in [0.3, 0.4) is 0 Å². The summed E-state index contributed by atoms with van der Waals surface area (Å²) in [5.41, 5.74) is 6.39. The Kier molecular flexibility index (Phi) is 5.26. The van der Waals surface area contributed by atoms with Gasteiger partial charge >= 0.3 is 0 Å². The molecule has 168 valence electrons. The molecular weight excluding hydrogens is 422 g/mol. The zero-order valence-electron chi connectivity index (χ0n) is 18.8. The van der Waals surface area contributed by atoms with E-state index in [-0.39, 0.29) is 5.78 Å². The van der Waals surface area contributed by atoms with Crippen LogP contribution in [0.25, 0.3) is 28.2 Å². The number of anilines is 1. The van der Waals surface area contributed by atoms with E-state index in [1.165, 1.54) is 12.8 Å². The molecule has 0 spiro atoms. The van der Waals surface area contributed by atoms with Gasteiger partial charge in [-0.1, -0.05) is 60.7 Å². The smallest absolute Gasteiger partial charge is 0.180 e. The van der Waals surface area contributed by atoms with Gasteiger partial charge in [0.1, 0.15) is 0 Å². The number of carbonyl (C=O) groups excluding carboxylic acids is 1. The summed E-state index contributed by atoms with van der Waals surface area (Å²) in [6, 6.07) is 18.0. The van der Waals surface area contributed by atoms with E-state index in [1.54, 1.807) is 0 Å². The van der Waals surface area contributed by atoms with E-state index in [4.69, 9.17) is 9.97 Å². The molecule has 0 atom stereocenters. The molecule has 2 aliphatic rings. The van der Waals surface area contributed by atoms with Crippen molar-refractivity contribution in [3.63, 3.8) is 0 Å². The minimum absolute atomic E-state index is 0.234. The number of nitrogens with one attached hydrogen (secondary N) is 1. The van der Waals surface area contributed by atoms with E-state index >= 15 is 0 Å². The van der Waals surface area contributed by atoms with E-state index in [9.17, 15) is 4.79 Å². The van der Waals surface area contributed by atoms with Crippen molar-refractivity contribution in [2.75, 3.05) is 18.4 Å². The minimum atomic E-state index is 0.234. The Morgan fingerprint density at radius 3 is 2.59 bits per heavy atom. The fourth-order valence-electron chi connectivity index (χ4n) is 4.30. The third-order valence-electron chi connectivity index (χ3n) is 6.38. The summed E-state index contributed by atoms with van der Waals surface area (Å²) in [6.45, 7) is 1.33. The molecule has 0 amide bonds. The number of fused-ring (bicyclic) bond motifs is 1. The highest BCUT2D eigenvalue weighted by Crippen LogP contribution is 2.34. The first-order valence-electron chi connectivity index (χ1n) is 11.8. The molecule has 2 aromatic heterocycles. The second-order valence-electron chi connectivity index (χ2n) is 8.91. The van der Waals surface area contributed by atoms with Gasteiger partial charge in [-0.05, 0) is 24.8 Å². The number of imidazole rings is 1. The van der Waals surface area contributed by atoms with Crippen molar-refractivity contribution >= 4 is 23.0 Å². The molecule has 6 nitrogen and oxygen atoms in total. The van der Waals surface area contributed by atoms with Gasteiger partial charge in [0.25, 0.3) is 0 Å². The summed E-state index contributed by atoms with van der Waals surface area (Å²) >= 11 is 0. The van der Waals surface area contributed by atoms with Gasteiger partial charge in [-0.25, -0.2) is 9.97 Å². The van der Waals surface area contributed by atoms with Crippen LogP contribution in [0, 0.1) is 5.92 Å². The number of aliphatic imine (C=N–C) groups is 1. The molecule has 0 radical (unpaired) electrons. The topological polar surface area (TPSA) is 71.7 Å². The second-order valence-corrected chi connectivity index (χ2v) is 8.91. The Hall–Kier alpha value is -4.06. The first-order chi connectivity index (χ1) is 16.7. The van der Waals surface area contributed by atoms with Crippen LogP contribution >= 0.6 is 0 Å². The normalized spacial score (nSPS) is 15.0. The number of nitrogens with zero attached hydrogens (tertiary/aromatic N) is 4. The number of Topliss-reactive ketones (excluding diaryl/α,β-unsaturated/α-hetero) is 1. The van der Waals surface area contributed by atoms with Crippen LogP contribution in [0.2, 0.25) is 0 Å². The van der Waals surface area contributed by atoms with Gasteiger partial charge in [0.2, 0.25) is 0 Å². The molecular formula is C28H25N5O. The maximum atomic E-state index is 12.5. The predicted molar refractivity (Wildman–Crippen MR) is 135 cm³/mol. The summed E-state index contributed by atoms with van der Waals surface area (Å²) in [5, 5.41) is 3.43. The highest BCUT2D eigenvalue weighted by atomic mass is 16.1. The lowest BCUT2D eigenvalue weighted by Crippen LogP contribution is -2.13. The van der Waals surface area contributed by atoms with Crippen LogP contribution in [0.15, 0.2) is 84.1 Å². The van der Waals surface area contributed by atoms with Gasteiger partial charge in [-0.3, -0.25) is 14.2 Å². The van der Waals surface area contributed by atoms with E-state index in [1.807, 2.05) is 67.0 Å². The first kappa shape index (κ1) is 20.5. The van der Waals surface area contributed by atoms with Gasteiger partial charge in [0, 0.05) is 29.3 Å². The molecule has 3 heterocycles. The van der Waals surface area contributed by atoms with E-state index < -0.39 is 0 Å². The van der Waals surface area contributed by atoms with Gasteiger partial charge < -0.3 is 5.32 Å². The molecule has 4 aromatic rings. The molecule has 0 bridgehead atoms. The number of benzene rings is 2. The van der Waals surface area contributed by atoms with Crippen LogP contribution < -0.4 is 5.32 Å². The van der Waals surface area contributed by atoms with Gasteiger partial charge in [-0.15, -0.1) is 0 Å². The summed E-state index contributed by atoms with van der Waals surface area (Å²) in [7, 11) is 0. The molecule has 0 saturated heterocycles. The van der Waals surface area contributed by atoms with Gasteiger partial charge in [-0.2, -0.15) is 0 Å². The average Bonchev–Trinajstić information content (AvgIpc) is 3.35. The molecule has 1 N–H and O–H groups in total. The second kappa shape index (κ2) is 8.71. The van der Waals surface area contributed by atoms with Crippen molar-refractivity contribution < 1.29 is 4.79 Å². The molecule has 6 heteroatoms. The Labute approximate surface area is 198 Å². The number of hydrogen-bond acceptors (Lipinski definition) is 5. The van der Waals surface area contributed by atoms with Gasteiger partial charge in [0.15, 0.2) is 17.2 Å². The van der Waals surface area contributed by atoms with Crippen molar-refractivity contribution in [2.24, 2.45) is 10.9 Å². The fourth-order valence-corrected chi connectivity index (χ4v) is 4.30. The largest absolute Gasteiger partial charge is 0.361 e. The lowest BCUT2D eigenvalue weighted by molar-refractivity contribution is 0.0976. The van der Waals surface area contributed by atoms with Crippen LogP contribution in [-0.4, -0.2) is 39.0 Å². The Balaban J connectivity index is 1.38. The Morgan fingerprint density at radius 1 is 1.03 bits per heavy atom. The van der Waals surface area contributed by atoms with Crippen LogP contribution in [0.1, 0.15) is 29.6 Å². The lowest BCUT2D eigenvalue weighted by atomic mass is 10.0. The number of aromatic nitrogens is 3. The van der Waals surface area contributed by atoms with Crippen LogP contribution in [0.5, 0.6) is 0 Å². The molecule has 6 rings (SSSR count). The molecule has 1 aliphatic heterocycles. The molecule has 1 aliphatic carbocycles. The van der Waals surface area contributed by atoms with Crippen molar-refractivity contribution in [3.05, 3.63) is 84.7 Å². The van der Waals surface area contributed by atoms with Crippen molar-refractivity contribution in [2.45, 2.75) is 19.3 Å². The number of carbonyl (C=O) groups is 1. The molecule has 1 fully saturated rings. The Morgan fingerprint density at radius 2 is 1.85 bits per heavy atom. The Bertz CT molecular complexity index is 1410. The third-order valence-corrected chi connectivity index (χ3v) is 6.38. The molecule has 0 unspecified atom stereocenters. The number of ketones is 1. The molecule has 34 heavy (non-hydrogen) atoms. The first-order valence-corrected chi connectivity index (χ1v) is 11.8. The van der Waals surface area contributed by atoms with Crippen molar-refractivity contribution in [3.8, 4) is 22.5 Å². The number of rotatable bonds is 8. The standard InChI is InChI=1S/C28H25N5O/c34-26(15-19-8-9-19)22-12-10-21(11-13-22)25-17-31-28-27(30-16-23-7-4-14-29-23)32-24(18-33(25)28)20-5-2-1-3-6-20/h1-7,10-13,17-19H,8-9,14-16H2,(H,30,32). The quantitative estimate of drug-likeness (QED) is 0.364. The zero-order valence-corrected chi connectivity index (χ0v) is 18.8. The summed E-state index contributed by atoms with van der Waals surface area (Å²) in [6.07, 6.45) is 11.0. The third kappa shape index (κ3) is 4.15. The van der Waals surface area contributed by atoms with Crippen LogP contribution in [0.4, 0.5) is 5.82 Å². The average molecular weight is 448 g/mol. The molecule has 1 saturated carbocycles. The fraction of sp³-hybridized carbons (Fsp3) is 0.214. The van der Waals surface area contributed by atoms with E-state index in [0.717, 1.165) is 46.0 Å². The summed E-state index contributed by atoms with van der Waals surface area (Å²) in [5.74, 6) is 1.54. The highest BCUT2D eigenvalue weighted by molar-refractivity contribution is 6.00. The number of hydrogen-bond donors (Lipinski definition) is 1. The van der Waals surface area contributed by atoms with Gasteiger partial charge in [0.05, 0.1) is 36.4 Å². The zero-order chi connectivity index (χ0) is 22.9. The SMILES string of the molecule is O=C(CC1CC1)c1ccc(-c2cnc3c(NCC4=NCC=C4)nc(-c4ccccc4)cn23)cc1. The maximum Gasteiger partial charge on any atom is 0.180 e. The van der Waals surface area contributed by atoms with E-state index in [2.05, 4.69) is 26.8 Å². The maximum absolute atomic E-state index is 12.5. The summed E-state index contributed by atoms with van der Waals surface area (Å²) < 4.78 is 2.07. The summed E-state index contributed by atoms with van der Waals surface area (Å²) in [4.78, 5) is 26.5.